The van der Waals surface area contributed by atoms with Crippen molar-refractivity contribution >= 4 is 11.8 Å². The zero-order chi connectivity index (χ0) is 12.1. The van der Waals surface area contributed by atoms with Gasteiger partial charge >= 0.3 is 5.97 Å². The van der Waals surface area contributed by atoms with Crippen LogP contribution < -0.4 is 0 Å². The summed E-state index contributed by atoms with van der Waals surface area (Å²) in [5.41, 5.74) is 0. The highest BCUT2D eigenvalue weighted by Gasteiger charge is 2.02. The van der Waals surface area contributed by atoms with Gasteiger partial charge in [-0.05, 0) is 27.7 Å². The van der Waals surface area contributed by atoms with E-state index in [4.69, 9.17) is 4.74 Å². The molecule has 90 valence electrons. The van der Waals surface area contributed by atoms with Crippen molar-refractivity contribution in [1.29, 1.82) is 0 Å². The van der Waals surface area contributed by atoms with E-state index in [1.807, 2.05) is 13.8 Å². The number of Topliss-reactive ketones (excluding diaryl/α,β-unsaturated/α-hetero) is 1. The van der Waals surface area contributed by atoms with Gasteiger partial charge in [0.05, 0.1) is 13.0 Å². The highest BCUT2D eigenvalue weighted by atomic mass is 16.5. The van der Waals surface area contributed by atoms with E-state index < -0.39 is 0 Å². The second-order valence-electron chi connectivity index (χ2n) is 2.79. The topological polar surface area (TPSA) is 52.6 Å². The first-order valence-electron chi connectivity index (χ1n) is 5.31. The molecule has 0 aromatic carbocycles. The van der Waals surface area contributed by atoms with E-state index >= 15 is 0 Å². The molecule has 0 unspecified atom stereocenters. The monoisotopic (exact) mass is 218 g/mol. The Morgan fingerprint density at radius 1 is 0.933 bits per heavy atom. The van der Waals surface area contributed by atoms with E-state index in [1.54, 1.807) is 6.92 Å². The van der Waals surface area contributed by atoms with E-state index in [1.165, 1.54) is 6.92 Å². The summed E-state index contributed by atoms with van der Waals surface area (Å²) in [6.45, 7) is 9.25. The summed E-state index contributed by atoms with van der Waals surface area (Å²) < 4.78 is 9.43. The molecule has 0 radical (unpaired) electrons. The van der Waals surface area contributed by atoms with Gasteiger partial charge in [-0.25, -0.2) is 0 Å². The van der Waals surface area contributed by atoms with Crippen molar-refractivity contribution in [3.63, 3.8) is 0 Å². The Morgan fingerprint density at radius 2 is 1.47 bits per heavy atom. The fourth-order valence-corrected chi connectivity index (χ4v) is 0.715. The highest BCUT2D eigenvalue weighted by molar-refractivity contribution is 5.80. The van der Waals surface area contributed by atoms with E-state index in [0.29, 0.717) is 13.0 Å². The van der Waals surface area contributed by atoms with Gasteiger partial charge in [0.25, 0.3) is 0 Å². The number of hydrogen-bond acceptors (Lipinski definition) is 4. The lowest BCUT2D eigenvalue weighted by atomic mass is 10.2. The maximum Gasteiger partial charge on any atom is 0.306 e. The molecule has 0 aliphatic carbocycles. The van der Waals surface area contributed by atoms with E-state index in [9.17, 15) is 9.59 Å². The SMILES string of the molecule is CCOC(=O)CCC(C)=O.CCOCC. The summed E-state index contributed by atoms with van der Waals surface area (Å²) in [5, 5.41) is 0. The van der Waals surface area contributed by atoms with E-state index in [0.717, 1.165) is 13.2 Å². The number of ketones is 1. The number of rotatable bonds is 6. The van der Waals surface area contributed by atoms with Gasteiger partial charge in [-0.2, -0.15) is 0 Å². The van der Waals surface area contributed by atoms with Gasteiger partial charge in [0.15, 0.2) is 0 Å². The van der Waals surface area contributed by atoms with Crippen LogP contribution in [0.3, 0.4) is 0 Å². The second kappa shape index (κ2) is 13.1. The van der Waals surface area contributed by atoms with Crippen molar-refractivity contribution in [3.8, 4) is 0 Å². The van der Waals surface area contributed by atoms with Crippen LogP contribution in [0.5, 0.6) is 0 Å². The summed E-state index contributed by atoms with van der Waals surface area (Å²) in [6, 6.07) is 0. The van der Waals surface area contributed by atoms with Crippen LogP contribution in [0.25, 0.3) is 0 Å². The summed E-state index contributed by atoms with van der Waals surface area (Å²) in [7, 11) is 0. The minimum Gasteiger partial charge on any atom is -0.466 e. The zero-order valence-corrected chi connectivity index (χ0v) is 10.2. The quantitative estimate of drug-likeness (QED) is 0.639. The Morgan fingerprint density at radius 3 is 1.73 bits per heavy atom. The second-order valence-corrected chi connectivity index (χ2v) is 2.79. The minimum atomic E-state index is -0.294. The van der Waals surface area contributed by atoms with Crippen molar-refractivity contribution in [3.05, 3.63) is 0 Å². The molecule has 0 rings (SSSR count). The third kappa shape index (κ3) is 19.5. The predicted octanol–water partition coefficient (Wildman–Crippen LogP) is 1.96. The lowest BCUT2D eigenvalue weighted by molar-refractivity contribution is -0.144. The summed E-state index contributed by atoms with van der Waals surface area (Å²) in [5.74, 6) is -0.272. The maximum absolute atomic E-state index is 10.6. The molecule has 4 nitrogen and oxygen atoms in total. The molecule has 15 heavy (non-hydrogen) atoms. The number of ether oxygens (including phenoxy) is 2. The Bertz CT molecular complexity index is 164. The Labute approximate surface area is 91.9 Å². The molecule has 0 aromatic rings. The third-order valence-electron chi connectivity index (χ3n) is 1.39. The average molecular weight is 218 g/mol. The van der Waals surface area contributed by atoms with Crippen LogP contribution in [-0.2, 0) is 19.1 Å². The Hall–Kier alpha value is -0.900. The van der Waals surface area contributed by atoms with Crippen molar-refractivity contribution in [1.82, 2.24) is 0 Å². The first kappa shape index (κ1) is 16.5. The summed E-state index contributed by atoms with van der Waals surface area (Å²) >= 11 is 0. The van der Waals surface area contributed by atoms with Gasteiger partial charge in [0.1, 0.15) is 5.78 Å². The van der Waals surface area contributed by atoms with Crippen LogP contribution in [0.2, 0.25) is 0 Å². The zero-order valence-electron chi connectivity index (χ0n) is 10.2. The van der Waals surface area contributed by atoms with Gasteiger partial charge in [-0.15, -0.1) is 0 Å². The molecule has 0 aromatic heterocycles. The van der Waals surface area contributed by atoms with Crippen molar-refractivity contribution < 1.29 is 19.1 Å². The summed E-state index contributed by atoms with van der Waals surface area (Å²) in [4.78, 5) is 20.9. The van der Waals surface area contributed by atoms with Gasteiger partial charge in [0.2, 0.25) is 0 Å². The van der Waals surface area contributed by atoms with Gasteiger partial charge in [-0.3, -0.25) is 4.79 Å². The number of esters is 1. The standard InChI is InChI=1S/C7H12O3.C4H10O/c1-3-10-7(9)5-4-6(2)8;1-3-5-4-2/h3-5H2,1-2H3;3-4H2,1-2H3. The van der Waals surface area contributed by atoms with Gasteiger partial charge in [-0.1, -0.05) is 0 Å². The molecule has 0 heterocycles. The van der Waals surface area contributed by atoms with Crippen LogP contribution >= 0.6 is 0 Å². The van der Waals surface area contributed by atoms with Crippen LogP contribution in [0.15, 0.2) is 0 Å². The van der Waals surface area contributed by atoms with Crippen LogP contribution in [0.4, 0.5) is 0 Å². The molecule has 0 atom stereocenters. The molecule has 4 heteroatoms. The van der Waals surface area contributed by atoms with Crippen LogP contribution in [0, 0.1) is 0 Å². The molecule has 0 amide bonds. The largest absolute Gasteiger partial charge is 0.466 e. The van der Waals surface area contributed by atoms with Crippen molar-refractivity contribution in [2.45, 2.75) is 40.5 Å². The molecule has 0 aliphatic heterocycles. The lowest BCUT2D eigenvalue weighted by Crippen LogP contribution is -2.05. The van der Waals surface area contributed by atoms with Gasteiger partial charge in [0, 0.05) is 19.6 Å². The van der Waals surface area contributed by atoms with E-state index in [2.05, 4.69) is 4.74 Å². The normalized spacial score (nSPS) is 8.80. The van der Waals surface area contributed by atoms with Crippen molar-refractivity contribution in [2.75, 3.05) is 19.8 Å². The smallest absolute Gasteiger partial charge is 0.306 e. The summed E-state index contributed by atoms with van der Waals surface area (Å²) in [6.07, 6.45) is 0.502. The Balaban J connectivity index is 0. The van der Waals surface area contributed by atoms with E-state index in [-0.39, 0.29) is 18.2 Å². The molecule has 0 saturated carbocycles. The number of hydrogen-bond donors (Lipinski definition) is 0. The molecule has 0 fully saturated rings. The number of carbonyl (C=O) groups is 2. The first-order chi connectivity index (χ1) is 7.08. The molecule has 0 saturated heterocycles. The van der Waals surface area contributed by atoms with Crippen molar-refractivity contribution in [2.24, 2.45) is 0 Å². The molecule has 0 bridgehead atoms. The lowest BCUT2D eigenvalue weighted by Gasteiger charge is -1.97. The molecular formula is C11H22O4. The first-order valence-corrected chi connectivity index (χ1v) is 5.31. The highest BCUT2D eigenvalue weighted by Crippen LogP contribution is 1.92. The third-order valence-corrected chi connectivity index (χ3v) is 1.39. The molecule has 0 N–H and O–H groups in total. The average Bonchev–Trinajstić information content (AvgIpc) is 2.17. The fourth-order valence-electron chi connectivity index (χ4n) is 0.715. The number of carbonyl (C=O) groups excluding carboxylic acids is 2. The maximum atomic E-state index is 10.6. The predicted molar refractivity (Wildman–Crippen MR) is 58.7 cm³/mol. The van der Waals surface area contributed by atoms with Gasteiger partial charge < -0.3 is 14.3 Å². The Kier molecular flexibility index (Phi) is 14.4. The minimum absolute atomic E-state index is 0.0213. The van der Waals surface area contributed by atoms with Crippen LogP contribution in [-0.4, -0.2) is 31.6 Å². The van der Waals surface area contributed by atoms with Crippen LogP contribution in [0.1, 0.15) is 40.5 Å². The molecule has 0 spiro atoms. The molecule has 0 aliphatic rings. The molecular weight excluding hydrogens is 196 g/mol. The fraction of sp³-hybridized carbons (Fsp3) is 0.818.